The predicted octanol–water partition coefficient (Wildman–Crippen LogP) is 10.2. The van der Waals surface area contributed by atoms with Crippen molar-refractivity contribution in [2.75, 3.05) is 39.6 Å². The van der Waals surface area contributed by atoms with Crippen LogP contribution in [-0.2, 0) is 38.7 Å². The molecule has 0 aliphatic carbocycles. The zero-order chi connectivity index (χ0) is 57.0. The van der Waals surface area contributed by atoms with Crippen molar-refractivity contribution >= 4 is 22.1 Å². The van der Waals surface area contributed by atoms with Gasteiger partial charge in [-0.2, -0.15) is 131 Å². The maximum absolute atomic E-state index is 14.7. The third-order valence-electron chi connectivity index (χ3n) is 8.65. The minimum absolute atomic E-state index is 2.05. The van der Waals surface area contributed by atoms with Crippen LogP contribution in [0.5, 0.6) is 0 Å². The van der Waals surface area contributed by atoms with Gasteiger partial charge in [0.15, 0.2) is 5.25 Å². The lowest BCUT2D eigenvalue weighted by Crippen LogP contribution is -2.80. The van der Waals surface area contributed by atoms with Crippen LogP contribution in [0.2, 0.25) is 0 Å². The van der Waals surface area contributed by atoms with Crippen molar-refractivity contribution in [2.45, 2.75) is 96.1 Å². The van der Waals surface area contributed by atoms with E-state index in [0.29, 0.717) is 0 Å². The van der Waals surface area contributed by atoms with E-state index in [4.69, 9.17) is 4.55 Å². The van der Waals surface area contributed by atoms with Gasteiger partial charge in [0.25, 0.3) is 10.1 Å². The van der Waals surface area contributed by atoms with Crippen molar-refractivity contribution in [1.29, 1.82) is 0 Å². The second-order valence-electron chi connectivity index (χ2n) is 13.1. The van der Waals surface area contributed by atoms with Gasteiger partial charge < -0.3 is 18.9 Å². The van der Waals surface area contributed by atoms with Crippen molar-refractivity contribution in [3.8, 4) is 0 Å². The fraction of sp³-hybridized carbons (Fsp3) is 0.923. The highest BCUT2D eigenvalue weighted by atomic mass is 32.2. The van der Waals surface area contributed by atoms with Gasteiger partial charge in [-0.25, -0.2) is 26.3 Å². The molecule has 0 aliphatic heterocycles. The minimum atomic E-state index is -9.42. The molecular formula is C26H16F34O9S. The van der Waals surface area contributed by atoms with Crippen LogP contribution in [0.15, 0.2) is 0 Å². The number of rotatable bonds is 20. The van der Waals surface area contributed by atoms with Gasteiger partial charge in [-0.1, -0.05) is 0 Å². The van der Waals surface area contributed by atoms with Crippen molar-refractivity contribution in [2.24, 2.45) is 10.8 Å². The molecule has 0 aromatic carbocycles. The van der Waals surface area contributed by atoms with Gasteiger partial charge in [0, 0.05) is 0 Å². The number of hydrogen-bond donors (Lipinski definition) is 1. The number of carbonyl (C=O) groups is 2. The van der Waals surface area contributed by atoms with Crippen molar-refractivity contribution in [3.63, 3.8) is 0 Å². The first-order chi connectivity index (χ1) is 30.1. The number of alkyl halides is 34. The molecule has 0 bridgehead atoms. The maximum atomic E-state index is 14.7. The third kappa shape index (κ3) is 10.9. The summed E-state index contributed by atoms with van der Waals surface area (Å²) in [5.41, 5.74) is -36.4. The second kappa shape index (κ2) is 19.3. The van der Waals surface area contributed by atoms with Gasteiger partial charge >= 0.3 is 107 Å². The van der Waals surface area contributed by atoms with Gasteiger partial charge in [-0.15, -0.1) is 0 Å². The van der Waals surface area contributed by atoms with Gasteiger partial charge in [0.2, 0.25) is 0 Å². The molecule has 0 rings (SSSR count). The molecule has 70 heavy (non-hydrogen) atoms. The van der Waals surface area contributed by atoms with E-state index in [-0.39, 0.29) is 0 Å². The molecule has 0 amide bonds. The summed E-state index contributed by atoms with van der Waals surface area (Å²) in [7, 11) is -6.23. The standard InChI is InChI=1S/C26H16F34O9S/c27-11(28,15(31,25(55,56)57)17(33,34)13(19(37,38)39,20(40,41)42)21(43,44)45)6-66-1-3-68-9(61)5-8(70(63,64)65)10(62)69-4-2-67-7-12(29,30)16(32,26(58,59)60)18(35,36)14(22(46,47)48,23(49,50)51)24(52,53)54/h8H,1-7H2,(H,63,64,65). The molecule has 9 nitrogen and oxygen atoms in total. The summed E-state index contributed by atoms with van der Waals surface area (Å²) in [6, 6.07) is 0. The van der Waals surface area contributed by atoms with E-state index in [1.165, 1.54) is 0 Å². The van der Waals surface area contributed by atoms with Crippen molar-refractivity contribution < 1.29 is 191 Å². The van der Waals surface area contributed by atoms with E-state index in [1.807, 2.05) is 0 Å². The first-order valence-corrected chi connectivity index (χ1v) is 17.5. The largest absolute Gasteiger partial charge is 0.463 e. The normalized spacial score (nSPS) is 17.7. The first-order valence-electron chi connectivity index (χ1n) is 16.0. The lowest BCUT2D eigenvalue weighted by atomic mass is 9.69. The van der Waals surface area contributed by atoms with E-state index in [1.54, 1.807) is 0 Å². The number of hydrogen-bond acceptors (Lipinski definition) is 8. The van der Waals surface area contributed by atoms with E-state index < -0.39 is 169 Å². The predicted molar refractivity (Wildman–Crippen MR) is 144 cm³/mol. The van der Waals surface area contributed by atoms with E-state index in [9.17, 15) is 167 Å². The Morgan fingerprint density at radius 3 is 0.843 bits per heavy atom. The third-order valence-corrected chi connectivity index (χ3v) is 9.73. The van der Waals surface area contributed by atoms with Gasteiger partial charge in [-0.3, -0.25) is 14.1 Å². The Labute approximate surface area is 360 Å². The van der Waals surface area contributed by atoms with Crippen molar-refractivity contribution in [1.82, 2.24) is 0 Å². The van der Waals surface area contributed by atoms with Gasteiger partial charge in [0.05, 0.1) is 19.6 Å². The number of halogens is 34. The molecule has 0 aromatic heterocycles. The zero-order valence-electron chi connectivity index (χ0n) is 31.5. The molecule has 44 heteroatoms. The maximum Gasteiger partial charge on any atom is 0.434 e. The molecule has 0 saturated heterocycles. The van der Waals surface area contributed by atoms with E-state index >= 15 is 0 Å². The average molecular weight is 1150 g/mol. The summed E-state index contributed by atoms with van der Waals surface area (Å²) in [6.07, 6.45) is -72.6. The van der Waals surface area contributed by atoms with Crippen LogP contribution in [-0.4, -0.2) is 154 Å². The Morgan fingerprint density at radius 1 is 0.386 bits per heavy atom. The second-order valence-corrected chi connectivity index (χ2v) is 14.7. The molecule has 1 N–H and O–H groups in total. The van der Waals surface area contributed by atoms with Crippen LogP contribution < -0.4 is 0 Å². The summed E-state index contributed by atoms with van der Waals surface area (Å²) in [5.74, 6) is -39.4. The molecule has 0 spiro atoms. The highest BCUT2D eigenvalue weighted by molar-refractivity contribution is 7.87. The summed E-state index contributed by atoms with van der Waals surface area (Å²) >= 11 is 0. The van der Waals surface area contributed by atoms with Gasteiger partial charge in [0.1, 0.15) is 26.4 Å². The molecule has 0 fully saturated rings. The molecule has 0 heterocycles. The van der Waals surface area contributed by atoms with Crippen LogP contribution >= 0.6 is 0 Å². The zero-order valence-corrected chi connectivity index (χ0v) is 32.3. The molecule has 0 aromatic rings. The topological polar surface area (TPSA) is 125 Å². The summed E-state index contributed by atoms with van der Waals surface area (Å²) in [6.45, 7) is -16.7. The first kappa shape index (κ1) is 66.4. The molecule has 3 atom stereocenters. The smallest absolute Gasteiger partial charge is 0.434 e. The highest BCUT2D eigenvalue weighted by Crippen LogP contribution is 2.74. The highest BCUT2D eigenvalue weighted by Gasteiger charge is 3.03. The summed E-state index contributed by atoms with van der Waals surface area (Å²) in [4.78, 5) is 23.8. The quantitative estimate of drug-likeness (QED) is 0.0549. The average Bonchev–Trinajstić information content (AvgIpc) is 3.03. The number of esters is 2. The Bertz CT molecular complexity index is 1850. The molecule has 0 radical (unpaired) electrons. The van der Waals surface area contributed by atoms with E-state index in [2.05, 4.69) is 18.9 Å². The van der Waals surface area contributed by atoms with Crippen LogP contribution in [0.3, 0.4) is 0 Å². The van der Waals surface area contributed by atoms with Gasteiger partial charge in [-0.05, 0) is 0 Å². The van der Waals surface area contributed by atoms with Crippen LogP contribution in [0.4, 0.5) is 149 Å². The fourth-order valence-corrected chi connectivity index (χ4v) is 6.07. The monoisotopic (exact) mass is 1150 g/mol. The van der Waals surface area contributed by atoms with Crippen LogP contribution in [0.1, 0.15) is 6.42 Å². The lowest BCUT2D eigenvalue weighted by Gasteiger charge is -2.49. The molecule has 0 saturated carbocycles. The lowest BCUT2D eigenvalue weighted by molar-refractivity contribution is -0.514. The molecule has 418 valence electrons. The number of ether oxygens (including phenoxy) is 4. The SMILES string of the molecule is O=C(CC(C(=O)OCCOCC(F)(F)C(F)(C(F)(F)F)C(F)(F)C(C(F)(F)F)(C(F)(F)F)C(F)(F)F)S(=O)(=O)O)OCCOCC(F)(F)C(F)(C(F)(F)F)C(F)(F)C(C(F)(F)F)(C(F)(F)F)C(F)(F)F. The summed E-state index contributed by atoms with van der Waals surface area (Å²) < 4.78 is 507. The van der Waals surface area contributed by atoms with Crippen LogP contribution in [0, 0.1) is 10.8 Å². The van der Waals surface area contributed by atoms with Crippen LogP contribution in [0.25, 0.3) is 0 Å². The Morgan fingerprint density at radius 2 is 0.629 bits per heavy atom. The molecular weight excluding hydrogens is 1130 g/mol. The molecule has 3 unspecified atom stereocenters. The Kier molecular flexibility index (Phi) is 18.3. The minimum Gasteiger partial charge on any atom is -0.463 e. The summed E-state index contributed by atoms with van der Waals surface area (Å²) in [5, 5.41) is -3.58. The fourth-order valence-electron chi connectivity index (χ4n) is 5.41. The van der Waals surface area contributed by atoms with Crippen molar-refractivity contribution in [3.05, 3.63) is 0 Å². The Hall–Kier alpha value is -3.61. The Balaban J connectivity index is 6.26. The number of carbonyl (C=O) groups excluding carboxylic acids is 2. The molecule has 0 aliphatic rings. The van der Waals surface area contributed by atoms with E-state index in [0.717, 1.165) is 0 Å².